The van der Waals surface area contributed by atoms with E-state index in [2.05, 4.69) is 15.6 Å². The van der Waals surface area contributed by atoms with Gasteiger partial charge in [0.1, 0.15) is 11.8 Å². The van der Waals surface area contributed by atoms with Gasteiger partial charge in [-0.2, -0.15) is 0 Å². The second-order valence-electron chi connectivity index (χ2n) is 10.5. The van der Waals surface area contributed by atoms with E-state index in [1.807, 2.05) is 85.8 Å². The Morgan fingerprint density at radius 2 is 1.47 bits per heavy atom. The van der Waals surface area contributed by atoms with Crippen LogP contribution >= 0.6 is 0 Å². The monoisotopic (exact) mass is 609 g/mol. The first kappa shape index (κ1) is 32.7. The molecule has 234 valence electrons. The third-order valence-electron chi connectivity index (χ3n) is 7.39. The van der Waals surface area contributed by atoms with Gasteiger partial charge < -0.3 is 31.6 Å². The number of methoxy groups -OCH3 is 1. The molecule has 0 aliphatic carbocycles. The van der Waals surface area contributed by atoms with Crippen LogP contribution in [0.2, 0.25) is 0 Å². The number of aromatic nitrogens is 1. The highest BCUT2D eigenvalue weighted by atomic mass is 16.5. The normalized spacial score (nSPS) is 12.1. The number of amides is 3. The standard InChI is InChI=1S/C35H39N5O5/c1-3-45-27-15-13-24(14-16-27)19-29(31-28(32(37)41)17-18-38-35(31)44-2)33(42)40-30(20-23-7-5-4-6-8-23)34(43)39-22-26-11-9-25(21-36)10-12-26/h4-18,29-30H,3,19-22,36H2,1-2H3,(H2,37,41)(H,39,43)(H,40,42)/t29-,30+/m1/s1. The van der Waals surface area contributed by atoms with Gasteiger partial charge in [-0.15, -0.1) is 0 Å². The number of pyridine rings is 1. The van der Waals surface area contributed by atoms with Crippen molar-refractivity contribution in [1.82, 2.24) is 15.6 Å². The summed E-state index contributed by atoms with van der Waals surface area (Å²) in [7, 11) is 1.41. The lowest BCUT2D eigenvalue weighted by atomic mass is 9.88. The van der Waals surface area contributed by atoms with E-state index < -0.39 is 23.8 Å². The van der Waals surface area contributed by atoms with Crippen LogP contribution in [0.4, 0.5) is 0 Å². The van der Waals surface area contributed by atoms with Crippen molar-refractivity contribution in [3.8, 4) is 11.6 Å². The van der Waals surface area contributed by atoms with Gasteiger partial charge in [-0.05, 0) is 53.8 Å². The third-order valence-corrected chi connectivity index (χ3v) is 7.39. The summed E-state index contributed by atoms with van der Waals surface area (Å²) in [5.74, 6) is -1.75. The Labute approximate surface area is 263 Å². The summed E-state index contributed by atoms with van der Waals surface area (Å²) in [5.41, 5.74) is 15.3. The van der Waals surface area contributed by atoms with Gasteiger partial charge in [-0.3, -0.25) is 14.4 Å². The largest absolute Gasteiger partial charge is 0.494 e. The Balaban J connectivity index is 1.66. The Hall–Kier alpha value is -5.22. The fraction of sp³-hybridized carbons (Fsp3) is 0.257. The molecule has 3 aromatic carbocycles. The molecule has 2 atom stereocenters. The molecule has 6 N–H and O–H groups in total. The van der Waals surface area contributed by atoms with Crippen LogP contribution in [0.3, 0.4) is 0 Å². The predicted octanol–water partition coefficient (Wildman–Crippen LogP) is 3.42. The summed E-state index contributed by atoms with van der Waals surface area (Å²) in [6.45, 7) is 3.11. The number of primary amides is 1. The Morgan fingerprint density at radius 3 is 2.09 bits per heavy atom. The number of nitrogens with one attached hydrogen (secondary N) is 2. The highest BCUT2D eigenvalue weighted by Crippen LogP contribution is 2.32. The van der Waals surface area contributed by atoms with Crippen molar-refractivity contribution in [1.29, 1.82) is 0 Å². The fourth-order valence-electron chi connectivity index (χ4n) is 5.06. The predicted molar refractivity (Wildman–Crippen MR) is 172 cm³/mol. The SMILES string of the molecule is CCOc1ccc(C[C@@H](C(=O)N[C@@H](Cc2ccccc2)C(=O)NCc2ccc(CN)cc2)c2c(C(N)=O)ccnc2OC)cc1. The smallest absolute Gasteiger partial charge is 0.249 e. The van der Waals surface area contributed by atoms with E-state index in [1.165, 1.54) is 19.4 Å². The summed E-state index contributed by atoms with van der Waals surface area (Å²) in [5, 5.41) is 5.91. The number of nitrogens with zero attached hydrogens (tertiary/aromatic N) is 1. The highest BCUT2D eigenvalue weighted by molar-refractivity contribution is 5.98. The first-order valence-electron chi connectivity index (χ1n) is 14.8. The Morgan fingerprint density at radius 1 is 0.822 bits per heavy atom. The summed E-state index contributed by atoms with van der Waals surface area (Å²) in [4.78, 5) is 44.7. The molecular weight excluding hydrogens is 570 g/mol. The van der Waals surface area contributed by atoms with Crippen molar-refractivity contribution in [2.24, 2.45) is 11.5 Å². The van der Waals surface area contributed by atoms with Gasteiger partial charge in [0.25, 0.3) is 0 Å². The molecule has 0 saturated heterocycles. The lowest BCUT2D eigenvalue weighted by Crippen LogP contribution is -2.49. The molecule has 10 heteroatoms. The van der Waals surface area contributed by atoms with Crippen LogP contribution in [-0.4, -0.2) is 42.5 Å². The van der Waals surface area contributed by atoms with Crippen molar-refractivity contribution in [2.45, 2.75) is 44.8 Å². The van der Waals surface area contributed by atoms with E-state index in [-0.39, 0.29) is 42.3 Å². The molecule has 0 saturated carbocycles. The average Bonchev–Trinajstić information content (AvgIpc) is 3.07. The molecule has 0 aliphatic heterocycles. The number of carbonyl (C=O) groups is 3. The van der Waals surface area contributed by atoms with Crippen LogP contribution in [0.1, 0.15) is 51.0 Å². The van der Waals surface area contributed by atoms with Gasteiger partial charge in [-0.25, -0.2) is 4.98 Å². The number of carbonyl (C=O) groups excluding carboxylic acids is 3. The van der Waals surface area contributed by atoms with E-state index >= 15 is 0 Å². The van der Waals surface area contributed by atoms with Crippen LogP contribution in [0.5, 0.6) is 11.6 Å². The molecular formula is C35H39N5O5. The zero-order valence-electron chi connectivity index (χ0n) is 25.5. The molecule has 10 nitrogen and oxygen atoms in total. The molecule has 4 rings (SSSR count). The molecule has 0 aliphatic rings. The van der Waals surface area contributed by atoms with E-state index in [1.54, 1.807) is 0 Å². The second-order valence-corrected chi connectivity index (χ2v) is 10.5. The van der Waals surface area contributed by atoms with Gasteiger partial charge in [0.15, 0.2) is 0 Å². The van der Waals surface area contributed by atoms with Gasteiger partial charge in [0.05, 0.1) is 25.2 Å². The first-order valence-corrected chi connectivity index (χ1v) is 14.8. The van der Waals surface area contributed by atoms with Crippen molar-refractivity contribution in [2.75, 3.05) is 13.7 Å². The quantitative estimate of drug-likeness (QED) is 0.161. The van der Waals surface area contributed by atoms with Gasteiger partial charge in [0, 0.05) is 31.3 Å². The van der Waals surface area contributed by atoms with E-state index in [9.17, 15) is 14.4 Å². The van der Waals surface area contributed by atoms with E-state index in [0.717, 1.165) is 22.3 Å². The molecule has 4 aromatic rings. The number of hydrogen-bond donors (Lipinski definition) is 4. The molecule has 0 bridgehead atoms. The minimum atomic E-state index is -0.969. The molecule has 0 radical (unpaired) electrons. The molecule has 1 aromatic heterocycles. The molecule has 0 spiro atoms. The topological polar surface area (TPSA) is 159 Å². The fourth-order valence-corrected chi connectivity index (χ4v) is 5.06. The average molecular weight is 610 g/mol. The molecule has 45 heavy (non-hydrogen) atoms. The van der Waals surface area contributed by atoms with Gasteiger partial charge >= 0.3 is 0 Å². The highest BCUT2D eigenvalue weighted by Gasteiger charge is 2.32. The number of benzene rings is 3. The van der Waals surface area contributed by atoms with Gasteiger partial charge in [-0.1, -0.05) is 66.7 Å². The number of hydrogen-bond acceptors (Lipinski definition) is 7. The van der Waals surface area contributed by atoms with Crippen molar-refractivity contribution in [3.63, 3.8) is 0 Å². The number of rotatable bonds is 15. The maximum atomic E-state index is 14.2. The molecule has 3 amide bonds. The summed E-state index contributed by atoms with van der Waals surface area (Å²) < 4.78 is 11.1. The molecule has 0 fully saturated rings. The van der Waals surface area contributed by atoms with Gasteiger partial charge in [0.2, 0.25) is 23.6 Å². The van der Waals surface area contributed by atoms with Crippen molar-refractivity contribution >= 4 is 17.7 Å². The van der Waals surface area contributed by atoms with Crippen LogP contribution < -0.4 is 31.6 Å². The maximum absolute atomic E-state index is 14.2. The molecule has 0 unspecified atom stereocenters. The zero-order valence-corrected chi connectivity index (χ0v) is 25.5. The molecule has 1 heterocycles. The lowest BCUT2D eigenvalue weighted by Gasteiger charge is -2.25. The first-order chi connectivity index (χ1) is 21.8. The zero-order chi connectivity index (χ0) is 32.2. The number of ether oxygens (including phenoxy) is 2. The minimum absolute atomic E-state index is 0.0994. The minimum Gasteiger partial charge on any atom is -0.494 e. The number of nitrogens with two attached hydrogens (primary N) is 2. The van der Waals surface area contributed by atoms with Crippen LogP contribution in [0.25, 0.3) is 0 Å². The van der Waals surface area contributed by atoms with Crippen molar-refractivity contribution in [3.05, 3.63) is 125 Å². The summed E-state index contributed by atoms with van der Waals surface area (Å²) in [6, 6.07) is 24.9. The lowest BCUT2D eigenvalue weighted by molar-refractivity contribution is -0.129. The summed E-state index contributed by atoms with van der Waals surface area (Å²) >= 11 is 0. The Bertz CT molecular complexity index is 1580. The van der Waals surface area contributed by atoms with E-state index in [4.69, 9.17) is 20.9 Å². The van der Waals surface area contributed by atoms with Crippen LogP contribution in [0, 0.1) is 0 Å². The van der Waals surface area contributed by atoms with Crippen molar-refractivity contribution < 1.29 is 23.9 Å². The van der Waals surface area contributed by atoms with E-state index in [0.29, 0.717) is 18.9 Å². The Kier molecular flexibility index (Phi) is 11.6. The summed E-state index contributed by atoms with van der Waals surface area (Å²) in [6.07, 6.45) is 1.82. The van der Waals surface area contributed by atoms with Crippen LogP contribution in [-0.2, 0) is 35.5 Å². The van der Waals surface area contributed by atoms with Crippen LogP contribution in [0.15, 0.2) is 91.1 Å². The second kappa shape index (κ2) is 16.0. The maximum Gasteiger partial charge on any atom is 0.249 e. The third kappa shape index (κ3) is 8.90.